The van der Waals surface area contributed by atoms with E-state index >= 15 is 0 Å². The Labute approximate surface area is 100 Å². The quantitative estimate of drug-likeness (QED) is 0.648. The first-order chi connectivity index (χ1) is 7.97. The molecule has 0 saturated carbocycles. The van der Waals surface area contributed by atoms with Crippen LogP contribution in [0.1, 0.15) is 26.5 Å². The third-order valence-electron chi connectivity index (χ3n) is 1.52. The molecule has 92 valence electrons. The Morgan fingerprint density at radius 1 is 1.53 bits per heavy atom. The highest BCUT2D eigenvalue weighted by molar-refractivity contribution is 5.78. The number of amides is 1. The van der Waals surface area contributed by atoms with Crippen LogP contribution in [-0.4, -0.2) is 17.9 Å². The number of rotatable bonds is 3. The summed E-state index contributed by atoms with van der Waals surface area (Å²) in [6.07, 6.45) is 5.80. The molecule has 1 heterocycles. The van der Waals surface area contributed by atoms with Crippen LogP contribution in [0.5, 0.6) is 0 Å². The van der Waals surface area contributed by atoms with Crippen molar-refractivity contribution in [2.75, 3.05) is 0 Å². The number of hydrazone groups is 1. The molecule has 5 heteroatoms. The second kappa shape index (κ2) is 5.89. The van der Waals surface area contributed by atoms with Gasteiger partial charge in [-0.2, -0.15) is 5.10 Å². The van der Waals surface area contributed by atoms with Gasteiger partial charge in [0.05, 0.1) is 6.26 Å². The Morgan fingerprint density at radius 2 is 2.29 bits per heavy atom. The SMILES string of the molecule is CC(C)(C)OC(=O)N/N=C\C=C\c1ccco1. The number of nitrogens with zero attached hydrogens (tertiary/aromatic N) is 1. The third-order valence-corrected chi connectivity index (χ3v) is 1.52. The van der Waals surface area contributed by atoms with Crippen molar-refractivity contribution < 1.29 is 13.9 Å². The summed E-state index contributed by atoms with van der Waals surface area (Å²) in [7, 11) is 0. The number of allylic oxidation sites excluding steroid dienone is 1. The lowest BCUT2D eigenvalue weighted by molar-refractivity contribution is 0.0529. The molecule has 0 saturated heterocycles. The van der Waals surface area contributed by atoms with E-state index in [2.05, 4.69) is 10.5 Å². The van der Waals surface area contributed by atoms with Crippen LogP contribution in [0.4, 0.5) is 4.79 Å². The molecular weight excluding hydrogens is 220 g/mol. The third kappa shape index (κ3) is 6.19. The van der Waals surface area contributed by atoms with Crippen LogP contribution >= 0.6 is 0 Å². The second-order valence-corrected chi connectivity index (χ2v) is 4.27. The predicted octanol–water partition coefficient (Wildman–Crippen LogP) is 2.80. The smallest absolute Gasteiger partial charge is 0.428 e. The maximum absolute atomic E-state index is 11.2. The molecule has 1 rings (SSSR count). The number of furan rings is 1. The Hall–Kier alpha value is -2.04. The van der Waals surface area contributed by atoms with E-state index in [-0.39, 0.29) is 0 Å². The van der Waals surface area contributed by atoms with Crippen LogP contribution in [0.15, 0.2) is 34.0 Å². The molecule has 1 N–H and O–H groups in total. The summed E-state index contributed by atoms with van der Waals surface area (Å²) < 4.78 is 10.1. The molecule has 0 aliphatic carbocycles. The molecule has 0 unspecified atom stereocenters. The summed E-state index contributed by atoms with van der Waals surface area (Å²) in [6, 6.07) is 3.60. The van der Waals surface area contributed by atoms with Gasteiger partial charge < -0.3 is 9.15 Å². The fraction of sp³-hybridized carbons (Fsp3) is 0.333. The van der Waals surface area contributed by atoms with Crippen molar-refractivity contribution in [3.8, 4) is 0 Å². The second-order valence-electron chi connectivity index (χ2n) is 4.27. The molecule has 1 aromatic heterocycles. The van der Waals surface area contributed by atoms with E-state index in [0.29, 0.717) is 5.76 Å². The van der Waals surface area contributed by atoms with Gasteiger partial charge in [-0.15, -0.1) is 0 Å². The normalized spacial score (nSPS) is 12.2. The Bertz CT molecular complexity index is 400. The van der Waals surface area contributed by atoms with Crippen LogP contribution in [0.2, 0.25) is 0 Å². The lowest BCUT2D eigenvalue weighted by Crippen LogP contribution is -2.29. The van der Waals surface area contributed by atoms with Gasteiger partial charge in [-0.25, -0.2) is 10.2 Å². The number of nitrogens with one attached hydrogen (secondary N) is 1. The summed E-state index contributed by atoms with van der Waals surface area (Å²) >= 11 is 0. The molecule has 0 spiro atoms. The van der Waals surface area contributed by atoms with Crippen molar-refractivity contribution in [1.29, 1.82) is 0 Å². The molecule has 0 aliphatic heterocycles. The Morgan fingerprint density at radius 3 is 2.88 bits per heavy atom. The largest absolute Gasteiger partial charge is 0.465 e. The highest BCUT2D eigenvalue weighted by Gasteiger charge is 2.15. The van der Waals surface area contributed by atoms with Gasteiger partial charge in [0.2, 0.25) is 0 Å². The molecule has 17 heavy (non-hydrogen) atoms. The monoisotopic (exact) mass is 236 g/mol. The van der Waals surface area contributed by atoms with Crippen molar-refractivity contribution in [1.82, 2.24) is 5.43 Å². The van der Waals surface area contributed by atoms with Crippen molar-refractivity contribution >= 4 is 18.4 Å². The minimum Gasteiger partial charge on any atom is -0.465 e. The fourth-order valence-corrected chi connectivity index (χ4v) is 0.958. The van der Waals surface area contributed by atoms with Gasteiger partial charge in [-0.05, 0) is 45.1 Å². The van der Waals surface area contributed by atoms with Crippen molar-refractivity contribution in [3.05, 3.63) is 30.2 Å². The van der Waals surface area contributed by atoms with Gasteiger partial charge in [0.1, 0.15) is 11.4 Å². The molecule has 0 fully saturated rings. The van der Waals surface area contributed by atoms with Crippen LogP contribution in [-0.2, 0) is 4.74 Å². The first-order valence-electron chi connectivity index (χ1n) is 5.19. The van der Waals surface area contributed by atoms with Gasteiger partial charge in [-0.1, -0.05) is 0 Å². The minimum atomic E-state index is -0.583. The van der Waals surface area contributed by atoms with Gasteiger partial charge in [0, 0.05) is 6.21 Å². The lowest BCUT2D eigenvalue weighted by atomic mass is 10.2. The van der Waals surface area contributed by atoms with Crippen molar-refractivity contribution in [3.63, 3.8) is 0 Å². The number of hydrogen-bond acceptors (Lipinski definition) is 4. The number of carbonyl (C=O) groups excluding carboxylic acids is 1. The maximum Gasteiger partial charge on any atom is 0.428 e. The van der Waals surface area contributed by atoms with Gasteiger partial charge >= 0.3 is 6.09 Å². The number of ether oxygens (including phenoxy) is 1. The average Bonchev–Trinajstić information content (AvgIpc) is 2.67. The van der Waals surface area contributed by atoms with E-state index in [0.717, 1.165) is 0 Å². The van der Waals surface area contributed by atoms with Crippen LogP contribution < -0.4 is 5.43 Å². The number of hydrogen-bond donors (Lipinski definition) is 1. The van der Waals surface area contributed by atoms with E-state index in [4.69, 9.17) is 9.15 Å². The fourth-order valence-electron chi connectivity index (χ4n) is 0.958. The van der Waals surface area contributed by atoms with E-state index in [9.17, 15) is 4.79 Å². The molecule has 1 amide bonds. The van der Waals surface area contributed by atoms with Crippen molar-refractivity contribution in [2.45, 2.75) is 26.4 Å². The molecule has 5 nitrogen and oxygen atoms in total. The summed E-state index contributed by atoms with van der Waals surface area (Å²) in [5.74, 6) is 0.716. The maximum atomic E-state index is 11.2. The highest BCUT2D eigenvalue weighted by Crippen LogP contribution is 2.06. The minimum absolute atomic E-state index is 0.524. The summed E-state index contributed by atoms with van der Waals surface area (Å²) in [6.45, 7) is 5.35. The number of carbonyl (C=O) groups is 1. The summed E-state index contributed by atoms with van der Waals surface area (Å²) in [5.41, 5.74) is 1.72. The van der Waals surface area contributed by atoms with Gasteiger partial charge in [0.25, 0.3) is 0 Å². The van der Waals surface area contributed by atoms with E-state index in [1.54, 1.807) is 45.3 Å². The van der Waals surface area contributed by atoms with E-state index < -0.39 is 11.7 Å². The molecular formula is C12H16N2O3. The Balaban J connectivity index is 2.29. The zero-order valence-corrected chi connectivity index (χ0v) is 10.1. The van der Waals surface area contributed by atoms with Gasteiger partial charge in [0.15, 0.2) is 0 Å². The summed E-state index contributed by atoms with van der Waals surface area (Å²) in [4.78, 5) is 11.2. The first kappa shape index (κ1) is 13.0. The standard InChI is InChI=1S/C12H16N2O3/c1-12(2,3)17-11(15)14-13-8-4-6-10-7-5-9-16-10/h4-9H,1-3H3,(H,14,15)/b6-4+,13-8-. The van der Waals surface area contributed by atoms with Crippen LogP contribution in [0.3, 0.4) is 0 Å². The van der Waals surface area contributed by atoms with Crippen molar-refractivity contribution in [2.24, 2.45) is 5.10 Å². The zero-order valence-electron chi connectivity index (χ0n) is 10.1. The van der Waals surface area contributed by atoms with Gasteiger partial charge in [-0.3, -0.25) is 0 Å². The topological polar surface area (TPSA) is 63.8 Å². The molecule has 0 radical (unpaired) electrons. The molecule has 0 aliphatic rings. The average molecular weight is 236 g/mol. The van der Waals surface area contributed by atoms with Crippen LogP contribution in [0, 0.1) is 0 Å². The molecule has 0 bridgehead atoms. The van der Waals surface area contributed by atoms with Crippen LogP contribution in [0.25, 0.3) is 6.08 Å². The van der Waals surface area contributed by atoms with E-state index in [1.165, 1.54) is 6.21 Å². The Kier molecular flexibility index (Phi) is 4.51. The van der Waals surface area contributed by atoms with E-state index in [1.807, 2.05) is 6.07 Å². The first-order valence-corrected chi connectivity index (χ1v) is 5.19. The lowest BCUT2D eigenvalue weighted by Gasteiger charge is -2.18. The molecule has 1 aromatic rings. The molecule has 0 atom stereocenters. The molecule has 0 aromatic carbocycles. The summed E-state index contributed by atoms with van der Waals surface area (Å²) in [5, 5.41) is 3.68. The highest BCUT2D eigenvalue weighted by atomic mass is 16.6. The zero-order chi connectivity index (χ0) is 12.7. The predicted molar refractivity (Wildman–Crippen MR) is 65.6 cm³/mol.